The van der Waals surface area contributed by atoms with Gasteiger partial charge in [0.25, 0.3) is 0 Å². The molecule has 2 fully saturated rings. The number of rotatable bonds is 6. The van der Waals surface area contributed by atoms with Crippen molar-refractivity contribution in [3.8, 4) is 0 Å². The zero-order valence-electron chi connectivity index (χ0n) is 10.4. The molecule has 2 aliphatic rings. The summed E-state index contributed by atoms with van der Waals surface area (Å²) in [7, 11) is 0. The van der Waals surface area contributed by atoms with Gasteiger partial charge in [-0.15, -0.1) is 0 Å². The Labute approximate surface area is 104 Å². The van der Waals surface area contributed by atoms with Gasteiger partial charge in [0.2, 0.25) is 5.91 Å². The lowest BCUT2D eigenvalue weighted by atomic mass is 10.0. The van der Waals surface area contributed by atoms with Gasteiger partial charge in [-0.05, 0) is 43.9 Å². The van der Waals surface area contributed by atoms with Crippen molar-refractivity contribution in [3.05, 3.63) is 0 Å². The molecule has 2 saturated carbocycles. The Balaban J connectivity index is 1.67. The van der Waals surface area contributed by atoms with Gasteiger partial charge < -0.3 is 10.6 Å². The average Bonchev–Trinajstić information content (AvgIpc) is 3.13. The minimum absolute atomic E-state index is 0.346. The Kier molecular flexibility index (Phi) is 3.58. The molecule has 6 heteroatoms. The Bertz CT molecular complexity index is 322. The predicted molar refractivity (Wildman–Crippen MR) is 60.9 cm³/mol. The third-order valence-corrected chi connectivity index (χ3v) is 3.95. The van der Waals surface area contributed by atoms with E-state index in [2.05, 4.69) is 5.32 Å². The van der Waals surface area contributed by atoms with Crippen LogP contribution >= 0.6 is 0 Å². The maximum atomic E-state index is 11.9. The van der Waals surface area contributed by atoms with E-state index in [-0.39, 0.29) is 0 Å². The quantitative estimate of drug-likeness (QED) is 0.768. The Morgan fingerprint density at radius 1 is 1.39 bits per heavy atom. The number of hydrogen-bond acceptors (Lipinski definition) is 2. The van der Waals surface area contributed by atoms with Gasteiger partial charge in [0.05, 0.1) is 6.04 Å². The molecule has 1 unspecified atom stereocenters. The summed E-state index contributed by atoms with van der Waals surface area (Å²) in [6.07, 6.45) is 0.539. The first-order valence-corrected chi connectivity index (χ1v) is 6.40. The van der Waals surface area contributed by atoms with E-state index in [1.807, 2.05) is 5.32 Å². The van der Waals surface area contributed by atoms with Crippen LogP contribution in [0.5, 0.6) is 0 Å². The summed E-state index contributed by atoms with van der Waals surface area (Å²) in [5.74, 6) is 0.189. The lowest BCUT2D eigenvalue weighted by molar-refractivity contribution is -0.139. The highest BCUT2D eigenvalue weighted by atomic mass is 19.4. The highest BCUT2D eigenvalue weighted by molar-refractivity contribution is 5.81. The molecule has 0 spiro atoms. The third-order valence-electron chi connectivity index (χ3n) is 3.95. The van der Waals surface area contributed by atoms with Gasteiger partial charge in [-0.1, -0.05) is 0 Å². The first-order chi connectivity index (χ1) is 8.32. The molecule has 0 bridgehead atoms. The molecule has 0 aromatic heterocycles. The summed E-state index contributed by atoms with van der Waals surface area (Å²) < 4.78 is 35.8. The van der Waals surface area contributed by atoms with E-state index in [0.717, 1.165) is 12.5 Å². The van der Waals surface area contributed by atoms with Crippen LogP contribution in [0.4, 0.5) is 13.2 Å². The molecule has 1 atom stereocenters. The fourth-order valence-electron chi connectivity index (χ4n) is 2.38. The molecule has 0 saturated heterocycles. The topological polar surface area (TPSA) is 41.1 Å². The van der Waals surface area contributed by atoms with Crippen molar-refractivity contribution in [2.45, 2.75) is 44.8 Å². The smallest absolute Gasteiger partial charge is 0.346 e. The summed E-state index contributed by atoms with van der Waals surface area (Å²) >= 11 is 0. The van der Waals surface area contributed by atoms with E-state index in [9.17, 15) is 18.0 Å². The van der Waals surface area contributed by atoms with Gasteiger partial charge in [-0.2, -0.15) is 13.2 Å². The molecule has 18 heavy (non-hydrogen) atoms. The minimum atomic E-state index is -4.35. The highest BCUT2D eigenvalue weighted by Crippen LogP contribution is 2.60. The highest BCUT2D eigenvalue weighted by Gasteiger charge is 2.53. The molecule has 0 aliphatic heterocycles. The molecule has 2 aliphatic carbocycles. The van der Waals surface area contributed by atoms with Crippen molar-refractivity contribution in [1.29, 1.82) is 0 Å². The fraction of sp³-hybridized carbons (Fsp3) is 0.917. The largest absolute Gasteiger partial charge is 0.405 e. The van der Waals surface area contributed by atoms with E-state index in [4.69, 9.17) is 0 Å². The summed E-state index contributed by atoms with van der Waals surface area (Å²) in [6, 6.07) is -0.566. The van der Waals surface area contributed by atoms with E-state index in [1.54, 1.807) is 6.92 Å². The SMILES string of the molecule is CC(NCC1(C2CC2)CC1)C(=O)NCC(F)(F)F. The van der Waals surface area contributed by atoms with E-state index < -0.39 is 24.7 Å². The second-order valence-electron chi connectivity index (χ2n) is 5.57. The van der Waals surface area contributed by atoms with Crippen LogP contribution in [0.3, 0.4) is 0 Å². The zero-order chi connectivity index (χ0) is 13.4. The fourth-order valence-corrected chi connectivity index (χ4v) is 2.38. The van der Waals surface area contributed by atoms with Gasteiger partial charge in [0.15, 0.2) is 0 Å². The number of amides is 1. The van der Waals surface area contributed by atoms with Crippen molar-refractivity contribution in [1.82, 2.24) is 10.6 Å². The molecule has 3 nitrogen and oxygen atoms in total. The van der Waals surface area contributed by atoms with Crippen molar-refractivity contribution < 1.29 is 18.0 Å². The van der Waals surface area contributed by atoms with Gasteiger partial charge in [-0.25, -0.2) is 0 Å². The number of carbonyl (C=O) groups is 1. The number of hydrogen-bond donors (Lipinski definition) is 2. The van der Waals surface area contributed by atoms with Crippen LogP contribution in [0.15, 0.2) is 0 Å². The predicted octanol–water partition coefficient (Wildman–Crippen LogP) is 1.83. The summed E-state index contributed by atoms with van der Waals surface area (Å²) in [5.41, 5.74) is 0.346. The van der Waals surface area contributed by atoms with E-state index in [1.165, 1.54) is 25.7 Å². The van der Waals surface area contributed by atoms with Gasteiger partial charge in [0, 0.05) is 6.54 Å². The van der Waals surface area contributed by atoms with Crippen molar-refractivity contribution in [2.24, 2.45) is 11.3 Å². The molecule has 2 N–H and O–H groups in total. The Morgan fingerprint density at radius 2 is 2.00 bits per heavy atom. The van der Waals surface area contributed by atoms with Crippen LogP contribution in [-0.2, 0) is 4.79 Å². The van der Waals surface area contributed by atoms with Crippen LogP contribution in [-0.4, -0.2) is 31.2 Å². The molecule has 0 heterocycles. The molecule has 1 amide bonds. The molecular formula is C12H19F3N2O. The maximum Gasteiger partial charge on any atom is 0.405 e. The summed E-state index contributed by atoms with van der Waals surface area (Å²) in [5, 5.41) is 4.96. The van der Waals surface area contributed by atoms with Crippen LogP contribution in [0.25, 0.3) is 0 Å². The molecule has 2 rings (SSSR count). The van der Waals surface area contributed by atoms with Crippen LogP contribution in [0, 0.1) is 11.3 Å². The Morgan fingerprint density at radius 3 is 2.44 bits per heavy atom. The van der Waals surface area contributed by atoms with Crippen molar-refractivity contribution in [2.75, 3.05) is 13.1 Å². The van der Waals surface area contributed by atoms with Crippen molar-refractivity contribution >= 4 is 5.91 Å². The molecule has 104 valence electrons. The molecule has 0 aromatic carbocycles. The number of alkyl halides is 3. The monoisotopic (exact) mass is 264 g/mol. The minimum Gasteiger partial charge on any atom is -0.346 e. The lowest BCUT2D eigenvalue weighted by Crippen LogP contribution is -2.46. The van der Waals surface area contributed by atoms with Gasteiger partial charge in [0.1, 0.15) is 6.54 Å². The van der Waals surface area contributed by atoms with Gasteiger partial charge in [-0.3, -0.25) is 4.79 Å². The van der Waals surface area contributed by atoms with Crippen molar-refractivity contribution in [3.63, 3.8) is 0 Å². The average molecular weight is 264 g/mol. The molecule has 0 radical (unpaired) electrons. The van der Waals surface area contributed by atoms with Crippen LogP contribution in [0.2, 0.25) is 0 Å². The zero-order valence-corrected chi connectivity index (χ0v) is 10.4. The van der Waals surface area contributed by atoms with Gasteiger partial charge >= 0.3 is 6.18 Å². The third kappa shape index (κ3) is 3.60. The maximum absolute atomic E-state index is 11.9. The first-order valence-electron chi connectivity index (χ1n) is 6.40. The summed E-state index contributed by atoms with van der Waals surface area (Å²) in [4.78, 5) is 11.4. The normalized spacial score (nSPS) is 23.6. The van der Waals surface area contributed by atoms with E-state index in [0.29, 0.717) is 5.41 Å². The van der Waals surface area contributed by atoms with Crippen LogP contribution < -0.4 is 10.6 Å². The second kappa shape index (κ2) is 4.72. The van der Waals surface area contributed by atoms with Crippen LogP contribution in [0.1, 0.15) is 32.6 Å². The Hall–Kier alpha value is -0.780. The summed E-state index contributed by atoms with van der Waals surface area (Å²) in [6.45, 7) is 1.10. The standard InChI is InChI=1S/C12H19F3N2O/c1-8(10(18)17-7-12(13,14)15)16-6-11(4-5-11)9-2-3-9/h8-9,16H,2-7H2,1H3,(H,17,18). The first kappa shape index (κ1) is 13.6. The number of nitrogens with one attached hydrogen (secondary N) is 2. The number of carbonyl (C=O) groups excluding carboxylic acids is 1. The molecule has 0 aromatic rings. The number of halogens is 3. The molecular weight excluding hydrogens is 245 g/mol. The second-order valence-corrected chi connectivity index (χ2v) is 5.57. The van der Waals surface area contributed by atoms with E-state index >= 15 is 0 Å². The lowest BCUT2D eigenvalue weighted by Gasteiger charge is -2.19.